The number of fused-ring (bicyclic) bond motifs is 1. The van der Waals surface area contributed by atoms with Crippen LogP contribution in [0, 0.1) is 27.4 Å². The van der Waals surface area contributed by atoms with E-state index in [0.717, 1.165) is 0 Å². The number of aliphatic hydroxyl groups is 1. The van der Waals surface area contributed by atoms with Crippen LogP contribution in [0.5, 0.6) is 0 Å². The molecule has 23 heteroatoms. The lowest BCUT2D eigenvalue weighted by molar-refractivity contribution is -0.386. The van der Waals surface area contributed by atoms with Gasteiger partial charge >= 0.3 is 23.5 Å². The molecule has 1 aliphatic rings. The number of nitro groups is 1. The maximum absolute atomic E-state index is 12.1. The number of benzene rings is 1. The molecule has 4 rings (SSSR count). The van der Waals surface area contributed by atoms with Gasteiger partial charge in [0, 0.05) is 41.5 Å². The standard InChI is InChI=1S/C24H30N5O15P3/c1-13(2)23(16-7-14(9-25)3-4-18(16)29(31)32)40-11-15-10-28(24-22(15)17(26)5-6-27-24)21-8-19(30)20(42-21)12-41-46(36,37)44-47(38,39)43-45(33,34)35/h3-7,10,13,19-21,23,30H,8,11-12H2,1-2H3,(H2,26,27)(H,36,37)(H,38,39)(H2,33,34,35)/t19?,20-,21-,23+/m1/s1. The molecule has 3 unspecified atom stereocenters. The molecule has 0 spiro atoms. The maximum Gasteiger partial charge on any atom is 0.490 e. The summed E-state index contributed by atoms with van der Waals surface area (Å²) in [6.07, 6.45) is -1.50. The fraction of sp³-hybridized carbons (Fsp3) is 0.417. The zero-order valence-electron chi connectivity index (χ0n) is 24.5. The number of nitrogens with zero attached hydrogens (tertiary/aromatic N) is 4. The highest BCUT2D eigenvalue weighted by Crippen LogP contribution is 2.66. The monoisotopic (exact) mass is 721 g/mol. The van der Waals surface area contributed by atoms with Gasteiger partial charge in [-0.3, -0.25) is 14.6 Å². The summed E-state index contributed by atoms with van der Waals surface area (Å²) >= 11 is 0. The molecule has 0 amide bonds. The van der Waals surface area contributed by atoms with Gasteiger partial charge in [0.1, 0.15) is 18.0 Å². The number of nitro benzene ring substituents is 1. The Kier molecular flexibility index (Phi) is 11.1. The van der Waals surface area contributed by atoms with Crippen molar-refractivity contribution in [3.63, 3.8) is 0 Å². The second kappa shape index (κ2) is 14.2. The van der Waals surface area contributed by atoms with Crippen molar-refractivity contribution in [2.75, 3.05) is 12.3 Å². The molecule has 0 saturated carbocycles. The first-order chi connectivity index (χ1) is 21.8. The minimum absolute atomic E-state index is 0.104. The summed E-state index contributed by atoms with van der Waals surface area (Å²) in [5, 5.41) is 32.2. The van der Waals surface area contributed by atoms with E-state index in [2.05, 4.69) is 18.1 Å². The van der Waals surface area contributed by atoms with Crippen molar-refractivity contribution >= 4 is 45.9 Å². The fourth-order valence-corrected chi connectivity index (χ4v) is 7.99. The minimum atomic E-state index is -5.74. The second-order valence-corrected chi connectivity index (χ2v) is 15.0. The molecule has 256 valence electrons. The molecule has 1 saturated heterocycles. The first kappa shape index (κ1) is 36.7. The molecule has 20 nitrogen and oxygen atoms in total. The zero-order chi connectivity index (χ0) is 34.9. The summed E-state index contributed by atoms with van der Waals surface area (Å²) in [5.74, 6) is -0.268. The number of pyridine rings is 1. The Morgan fingerprint density at radius 2 is 1.89 bits per heavy atom. The number of aromatic nitrogens is 2. The molecule has 1 aliphatic heterocycles. The van der Waals surface area contributed by atoms with Crippen molar-refractivity contribution in [2.24, 2.45) is 5.92 Å². The molecular weight excluding hydrogens is 691 g/mol. The van der Waals surface area contributed by atoms with Crippen molar-refractivity contribution in [3.05, 3.63) is 63.5 Å². The van der Waals surface area contributed by atoms with Gasteiger partial charge in [-0.2, -0.15) is 13.9 Å². The van der Waals surface area contributed by atoms with Gasteiger partial charge in [-0.15, -0.1) is 0 Å². The van der Waals surface area contributed by atoms with E-state index in [-0.39, 0.29) is 35.8 Å². The molecule has 7 N–H and O–H groups in total. The van der Waals surface area contributed by atoms with Crippen molar-refractivity contribution in [1.82, 2.24) is 9.55 Å². The molecule has 3 heterocycles. The van der Waals surface area contributed by atoms with Gasteiger partial charge in [0.05, 0.1) is 47.5 Å². The predicted octanol–water partition coefficient (Wildman–Crippen LogP) is 3.30. The van der Waals surface area contributed by atoms with Crippen molar-refractivity contribution < 1.29 is 65.9 Å². The van der Waals surface area contributed by atoms with Gasteiger partial charge in [0.2, 0.25) is 0 Å². The number of hydrogen-bond donors (Lipinski definition) is 6. The summed E-state index contributed by atoms with van der Waals surface area (Å²) in [6, 6.07) is 7.48. The summed E-state index contributed by atoms with van der Waals surface area (Å²) < 4.78 is 60.0. The Morgan fingerprint density at radius 3 is 2.51 bits per heavy atom. The van der Waals surface area contributed by atoms with E-state index < -0.39 is 59.5 Å². The van der Waals surface area contributed by atoms with Crippen LogP contribution in [-0.4, -0.2) is 58.0 Å². The van der Waals surface area contributed by atoms with E-state index in [0.29, 0.717) is 22.3 Å². The SMILES string of the molecule is CC(C)[C@H](OCc1cn([C@H]2CC(O)[C@@H](COP(=O)(O)OP(=O)(O)OP(=O)(O)O)O2)c2nccc(N)c12)c1cc(C#N)ccc1[N+](=O)[O-]. The van der Waals surface area contributed by atoms with Gasteiger partial charge < -0.3 is 44.5 Å². The van der Waals surface area contributed by atoms with Gasteiger partial charge in [0.25, 0.3) is 5.69 Å². The molecule has 0 radical (unpaired) electrons. The van der Waals surface area contributed by atoms with Crippen LogP contribution in [0.15, 0.2) is 36.7 Å². The fourth-order valence-electron chi connectivity index (χ4n) is 4.96. The topological polar surface area (TPSA) is 309 Å². The molecule has 2 aromatic heterocycles. The summed E-state index contributed by atoms with van der Waals surface area (Å²) in [5.41, 5.74) is 7.56. The quantitative estimate of drug-likeness (QED) is 0.0790. The first-order valence-electron chi connectivity index (χ1n) is 13.5. The number of nitrogens with two attached hydrogens (primary N) is 1. The highest BCUT2D eigenvalue weighted by molar-refractivity contribution is 7.66. The number of phosphoric ester groups is 1. The highest BCUT2D eigenvalue weighted by Gasteiger charge is 2.43. The Bertz CT molecular complexity index is 1840. The minimum Gasteiger partial charge on any atom is -0.398 e. The van der Waals surface area contributed by atoms with Crippen molar-refractivity contribution in [1.29, 1.82) is 5.26 Å². The van der Waals surface area contributed by atoms with Crippen LogP contribution in [0.25, 0.3) is 11.0 Å². The van der Waals surface area contributed by atoms with Gasteiger partial charge in [-0.05, 0) is 24.1 Å². The molecule has 0 bridgehead atoms. The molecule has 1 aromatic carbocycles. The third kappa shape index (κ3) is 9.08. The third-order valence-electron chi connectivity index (χ3n) is 6.84. The smallest absolute Gasteiger partial charge is 0.398 e. The number of nitriles is 1. The van der Waals surface area contributed by atoms with Crippen LogP contribution in [0.3, 0.4) is 0 Å². The molecule has 6 atom stereocenters. The Balaban J connectivity index is 1.55. The average Bonchev–Trinajstić information content (AvgIpc) is 3.50. The third-order valence-corrected chi connectivity index (χ3v) is 10.6. The Morgan fingerprint density at radius 1 is 1.19 bits per heavy atom. The predicted molar refractivity (Wildman–Crippen MR) is 159 cm³/mol. The van der Waals surface area contributed by atoms with Crippen LogP contribution in [0.2, 0.25) is 0 Å². The molecule has 47 heavy (non-hydrogen) atoms. The van der Waals surface area contributed by atoms with Crippen molar-refractivity contribution in [2.45, 2.75) is 51.4 Å². The Labute approximate surface area is 265 Å². The molecular formula is C24H30N5O15P3. The summed E-state index contributed by atoms with van der Waals surface area (Å²) in [7, 11) is -16.8. The van der Waals surface area contributed by atoms with E-state index in [1.807, 2.05) is 6.07 Å². The number of anilines is 1. The maximum atomic E-state index is 12.1. The van der Waals surface area contributed by atoms with E-state index in [1.165, 1.54) is 35.0 Å². The highest BCUT2D eigenvalue weighted by atomic mass is 31.3. The number of nitrogen functional groups attached to an aromatic ring is 1. The number of ether oxygens (including phenoxy) is 2. The lowest BCUT2D eigenvalue weighted by Gasteiger charge is -2.22. The number of aliphatic hydroxyl groups excluding tert-OH is 1. The molecule has 3 aromatic rings. The van der Waals surface area contributed by atoms with E-state index in [9.17, 15) is 44.0 Å². The van der Waals surface area contributed by atoms with Crippen molar-refractivity contribution in [3.8, 4) is 6.07 Å². The van der Waals surface area contributed by atoms with Crippen LogP contribution in [0.1, 0.15) is 49.3 Å². The first-order valence-corrected chi connectivity index (χ1v) is 18.0. The number of hydrogen-bond acceptors (Lipinski definition) is 14. The van der Waals surface area contributed by atoms with Gasteiger partial charge in [0.15, 0.2) is 0 Å². The lowest BCUT2D eigenvalue weighted by Crippen LogP contribution is -2.26. The Hall–Kier alpha value is -3.11. The van der Waals surface area contributed by atoms with Gasteiger partial charge in [-0.25, -0.2) is 18.7 Å². The van der Waals surface area contributed by atoms with Crippen LogP contribution >= 0.6 is 23.5 Å². The van der Waals surface area contributed by atoms with Crippen LogP contribution in [-0.2, 0) is 42.9 Å². The number of phosphoric acid groups is 3. The normalized spacial score (nSPS) is 21.7. The van der Waals surface area contributed by atoms with Gasteiger partial charge in [-0.1, -0.05) is 13.8 Å². The van der Waals surface area contributed by atoms with Crippen LogP contribution < -0.4 is 5.73 Å². The molecule has 0 aliphatic carbocycles. The largest absolute Gasteiger partial charge is 0.490 e. The van der Waals surface area contributed by atoms with E-state index in [4.69, 9.17) is 25.0 Å². The zero-order valence-corrected chi connectivity index (χ0v) is 27.2. The summed E-state index contributed by atoms with van der Waals surface area (Å²) in [4.78, 5) is 52.0. The van der Waals surface area contributed by atoms with E-state index in [1.54, 1.807) is 20.0 Å². The second-order valence-electron chi connectivity index (χ2n) is 10.6. The van der Waals surface area contributed by atoms with E-state index >= 15 is 0 Å². The lowest BCUT2D eigenvalue weighted by atomic mass is 9.95. The number of rotatable bonds is 14. The summed E-state index contributed by atoms with van der Waals surface area (Å²) in [6.45, 7) is 2.59. The van der Waals surface area contributed by atoms with Crippen LogP contribution in [0.4, 0.5) is 11.4 Å². The molecule has 1 fully saturated rings. The average molecular weight is 721 g/mol.